The van der Waals surface area contributed by atoms with Gasteiger partial charge in [0.05, 0.1) is 5.56 Å². The Hall–Kier alpha value is -2.56. The van der Waals surface area contributed by atoms with E-state index in [0.29, 0.717) is 11.3 Å². The maximum atomic E-state index is 13.7. The van der Waals surface area contributed by atoms with Gasteiger partial charge < -0.3 is 14.6 Å². The van der Waals surface area contributed by atoms with Gasteiger partial charge in [0, 0.05) is 0 Å². The molecule has 0 aliphatic carbocycles. The Morgan fingerprint density at radius 2 is 1.86 bits per heavy atom. The van der Waals surface area contributed by atoms with Gasteiger partial charge in [0.1, 0.15) is 19.0 Å². The first-order valence-corrected chi connectivity index (χ1v) is 6.42. The van der Waals surface area contributed by atoms with Crippen molar-refractivity contribution in [3.63, 3.8) is 0 Å². The van der Waals surface area contributed by atoms with E-state index in [0.717, 1.165) is 0 Å². The molecule has 0 bridgehead atoms. The van der Waals surface area contributed by atoms with Crippen molar-refractivity contribution in [1.29, 1.82) is 0 Å². The molecule has 0 radical (unpaired) electrons. The van der Waals surface area contributed by atoms with Crippen molar-refractivity contribution in [2.75, 3.05) is 13.2 Å². The molecule has 1 N–H and O–H groups in total. The third-order valence-electron chi connectivity index (χ3n) is 2.85. The molecule has 4 nitrogen and oxygen atoms in total. The number of carboxylic acid groups (broad SMARTS) is 1. The Balaban J connectivity index is 1.86. The van der Waals surface area contributed by atoms with Crippen LogP contribution < -0.4 is 9.47 Å². The average molecular weight is 290 g/mol. The van der Waals surface area contributed by atoms with Gasteiger partial charge in [0.25, 0.3) is 0 Å². The van der Waals surface area contributed by atoms with Crippen molar-refractivity contribution in [2.45, 2.75) is 6.92 Å². The summed E-state index contributed by atoms with van der Waals surface area (Å²) in [5.74, 6) is -0.787. The minimum atomic E-state index is -1.02. The van der Waals surface area contributed by atoms with Crippen molar-refractivity contribution >= 4 is 5.97 Å². The Kier molecular flexibility index (Phi) is 4.77. The highest BCUT2D eigenvalue weighted by Crippen LogP contribution is 2.19. The summed E-state index contributed by atoms with van der Waals surface area (Å²) in [6.07, 6.45) is 0. The molecular weight excluding hydrogens is 275 g/mol. The number of halogens is 1. The highest BCUT2D eigenvalue weighted by atomic mass is 19.1. The highest BCUT2D eigenvalue weighted by molar-refractivity contribution is 5.87. The topological polar surface area (TPSA) is 55.8 Å². The van der Waals surface area contributed by atoms with Crippen LogP contribution in [0.5, 0.6) is 11.5 Å². The lowest BCUT2D eigenvalue weighted by Gasteiger charge is -2.10. The van der Waals surface area contributed by atoms with E-state index in [1.807, 2.05) is 0 Å². The van der Waals surface area contributed by atoms with Crippen LogP contribution in [0.1, 0.15) is 15.9 Å². The molecule has 0 heterocycles. The van der Waals surface area contributed by atoms with E-state index in [-0.39, 0.29) is 30.3 Å². The van der Waals surface area contributed by atoms with Gasteiger partial charge >= 0.3 is 5.97 Å². The number of benzene rings is 2. The first-order valence-electron chi connectivity index (χ1n) is 6.42. The number of carbonyl (C=O) groups is 1. The lowest BCUT2D eigenvalue weighted by molar-refractivity contribution is 0.0696. The summed E-state index contributed by atoms with van der Waals surface area (Å²) in [5, 5.41) is 8.86. The van der Waals surface area contributed by atoms with E-state index < -0.39 is 5.97 Å². The first kappa shape index (κ1) is 14.8. The number of carboxylic acids is 1. The van der Waals surface area contributed by atoms with Crippen LogP contribution in [0.25, 0.3) is 0 Å². The molecule has 5 heteroatoms. The third-order valence-corrected chi connectivity index (χ3v) is 2.85. The third kappa shape index (κ3) is 3.95. The molecule has 0 aliphatic rings. The molecule has 0 unspecified atom stereocenters. The second-order valence-corrected chi connectivity index (χ2v) is 4.42. The van der Waals surface area contributed by atoms with Crippen molar-refractivity contribution in [3.05, 3.63) is 59.4 Å². The van der Waals surface area contributed by atoms with Gasteiger partial charge in [-0.15, -0.1) is 0 Å². The van der Waals surface area contributed by atoms with Crippen LogP contribution in [0.4, 0.5) is 4.39 Å². The van der Waals surface area contributed by atoms with Crippen molar-refractivity contribution in [3.8, 4) is 11.5 Å². The zero-order valence-corrected chi connectivity index (χ0v) is 11.5. The van der Waals surface area contributed by atoms with Gasteiger partial charge in [0.2, 0.25) is 0 Å². The molecular formula is C16H15FO4. The van der Waals surface area contributed by atoms with Crippen molar-refractivity contribution < 1.29 is 23.8 Å². The highest BCUT2D eigenvalue weighted by Gasteiger charge is 2.06. The molecule has 2 rings (SSSR count). The van der Waals surface area contributed by atoms with E-state index in [1.54, 1.807) is 37.3 Å². The predicted octanol–water partition coefficient (Wildman–Crippen LogP) is 3.29. The molecule has 0 atom stereocenters. The van der Waals surface area contributed by atoms with Crippen LogP contribution in [0.15, 0.2) is 42.5 Å². The Morgan fingerprint density at radius 1 is 1.14 bits per heavy atom. The van der Waals surface area contributed by atoms with Crippen molar-refractivity contribution in [2.24, 2.45) is 0 Å². The average Bonchev–Trinajstić information content (AvgIpc) is 2.48. The summed E-state index contributed by atoms with van der Waals surface area (Å²) in [6.45, 7) is 2.02. The smallest absolute Gasteiger partial charge is 0.335 e. The van der Waals surface area contributed by atoms with E-state index in [2.05, 4.69) is 0 Å². The molecule has 2 aromatic rings. The fourth-order valence-corrected chi connectivity index (χ4v) is 1.76. The maximum absolute atomic E-state index is 13.7. The van der Waals surface area contributed by atoms with Crippen LogP contribution in [-0.4, -0.2) is 24.3 Å². The zero-order chi connectivity index (χ0) is 15.2. The minimum Gasteiger partial charge on any atom is -0.490 e. The molecule has 21 heavy (non-hydrogen) atoms. The van der Waals surface area contributed by atoms with E-state index >= 15 is 0 Å². The number of ether oxygens (including phenoxy) is 2. The first-order chi connectivity index (χ1) is 10.1. The normalized spacial score (nSPS) is 10.2. The maximum Gasteiger partial charge on any atom is 0.335 e. The number of hydrogen-bond donors (Lipinski definition) is 1. The van der Waals surface area contributed by atoms with Crippen LogP contribution in [0.2, 0.25) is 0 Å². The van der Waals surface area contributed by atoms with Crippen LogP contribution in [0.3, 0.4) is 0 Å². The van der Waals surface area contributed by atoms with Crippen LogP contribution in [-0.2, 0) is 0 Å². The molecule has 0 fully saturated rings. The molecule has 2 aromatic carbocycles. The minimum absolute atomic E-state index is 0.151. The molecule has 0 amide bonds. The summed E-state index contributed by atoms with van der Waals surface area (Å²) in [4.78, 5) is 10.8. The largest absolute Gasteiger partial charge is 0.490 e. The second-order valence-electron chi connectivity index (χ2n) is 4.42. The van der Waals surface area contributed by atoms with Crippen LogP contribution >= 0.6 is 0 Å². The fraction of sp³-hybridized carbons (Fsp3) is 0.188. The quantitative estimate of drug-likeness (QED) is 0.829. The Bertz CT molecular complexity index is 640. The van der Waals surface area contributed by atoms with Gasteiger partial charge in [-0.3, -0.25) is 0 Å². The molecule has 0 aromatic heterocycles. The number of aryl methyl sites for hydroxylation is 1. The van der Waals surface area contributed by atoms with Gasteiger partial charge in [-0.05, 0) is 36.8 Å². The molecule has 0 saturated heterocycles. The summed E-state index contributed by atoms with van der Waals surface area (Å²) in [7, 11) is 0. The summed E-state index contributed by atoms with van der Waals surface area (Å²) in [6, 6.07) is 11.1. The van der Waals surface area contributed by atoms with E-state index in [1.165, 1.54) is 12.1 Å². The summed E-state index contributed by atoms with van der Waals surface area (Å²) >= 11 is 0. The molecule has 0 saturated carbocycles. The lowest BCUT2D eigenvalue weighted by atomic mass is 10.2. The van der Waals surface area contributed by atoms with Gasteiger partial charge in [-0.1, -0.05) is 18.2 Å². The van der Waals surface area contributed by atoms with Crippen molar-refractivity contribution in [1.82, 2.24) is 0 Å². The van der Waals surface area contributed by atoms with Gasteiger partial charge in [0.15, 0.2) is 11.6 Å². The van der Waals surface area contributed by atoms with E-state index in [4.69, 9.17) is 14.6 Å². The number of rotatable bonds is 6. The predicted molar refractivity (Wildman–Crippen MR) is 75.5 cm³/mol. The molecule has 0 aliphatic heterocycles. The van der Waals surface area contributed by atoms with Gasteiger partial charge in [-0.25, -0.2) is 9.18 Å². The number of aromatic carboxylic acids is 1. The summed E-state index contributed by atoms with van der Waals surface area (Å²) in [5.41, 5.74) is 0.667. The van der Waals surface area contributed by atoms with Crippen LogP contribution in [0, 0.1) is 12.7 Å². The molecule has 0 spiro atoms. The fourth-order valence-electron chi connectivity index (χ4n) is 1.76. The standard InChI is InChI=1S/C16H15FO4/c1-11-4-2-7-14(15(11)17)21-9-8-20-13-6-3-5-12(10-13)16(18)19/h2-7,10H,8-9H2,1H3,(H,18,19). The number of hydrogen-bond acceptors (Lipinski definition) is 3. The van der Waals surface area contributed by atoms with Gasteiger partial charge in [-0.2, -0.15) is 0 Å². The summed E-state index contributed by atoms with van der Waals surface area (Å²) < 4.78 is 24.3. The van der Waals surface area contributed by atoms with E-state index in [9.17, 15) is 9.18 Å². The molecule has 110 valence electrons. The SMILES string of the molecule is Cc1cccc(OCCOc2cccc(C(=O)O)c2)c1F. The lowest BCUT2D eigenvalue weighted by Crippen LogP contribution is -2.10. The zero-order valence-electron chi connectivity index (χ0n) is 11.5. The Labute approximate surface area is 121 Å². The second kappa shape index (κ2) is 6.74. The Morgan fingerprint density at radius 3 is 2.62 bits per heavy atom. The monoisotopic (exact) mass is 290 g/mol.